The van der Waals surface area contributed by atoms with Gasteiger partial charge in [0.25, 0.3) is 0 Å². The fourth-order valence-electron chi connectivity index (χ4n) is 0.754. The van der Waals surface area contributed by atoms with Crippen LogP contribution < -0.4 is 16.2 Å². The first-order valence-electron chi connectivity index (χ1n) is 3.22. The molecular weight excluding hydrogens is 114 g/mol. The first kappa shape index (κ1) is 6.74. The van der Waals surface area contributed by atoms with E-state index in [2.05, 4.69) is 22.7 Å². The molecule has 1 aliphatic rings. The molecule has 0 bridgehead atoms. The molecule has 1 rings (SSSR count). The van der Waals surface area contributed by atoms with Crippen molar-refractivity contribution in [1.29, 1.82) is 0 Å². The fraction of sp³-hybridized carbons (Fsp3) is 0.667. The van der Waals surface area contributed by atoms with Crippen LogP contribution in [0.3, 0.4) is 0 Å². The maximum absolute atomic E-state index is 3.85. The van der Waals surface area contributed by atoms with Gasteiger partial charge in [-0.1, -0.05) is 6.58 Å². The monoisotopic (exact) mass is 127 g/mol. The smallest absolute Gasteiger partial charge is 0.0320 e. The highest BCUT2D eigenvalue weighted by Crippen LogP contribution is 1.83. The van der Waals surface area contributed by atoms with E-state index in [0.29, 0.717) is 0 Å². The highest BCUT2D eigenvalue weighted by molar-refractivity contribution is 4.99. The van der Waals surface area contributed by atoms with Crippen LogP contribution in [0.1, 0.15) is 0 Å². The Bertz CT molecular complexity index is 90.5. The molecule has 0 aromatic rings. The van der Waals surface area contributed by atoms with E-state index in [1.54, 1.807) is 0 Å². The van der Waals surface area contributed by atoms with Crippen molar-refractivity contribution < 1.29 is 0 Å². The zero-order valence-corrected chi connectivity index (χ0v) is 5.54. The summed E-state index contributed by atoms with van der Waals surface area (Å²) >= 11 is 0. The molecule has 1 heterocycles. The summed E-state index contributed by atoms with van der Waals surface area (Å²) in [4.78, 5) is 0. The summed E-state index contributed by atoms with van der Waals surface area (Å²) in [7, 11) is 0. The molecule has 1 aliphatic heterocycles. The van der Waals surface area contributed by atoms with Crippen molar-refractivity contribution in [2.24, 2.45) is 0 Å². The summed E-state index contributed by atoms with van der Waals surface area (Å²) in [5.41, 5.74) is 7.29. The lowest BCUT2D eigenvalue weighted by atomic mass is 10.3. The van der Waals surface area contributed by atoms with Gasteiger partial charge in [-0.25, -0.2) is 0 Å². The average Bonchev–Trinajstić information content (AvgIpc) is 1.79. The van der Waals surface area contributed by atoms with Crippen LogP contribution in [0.25, 0.3) is 0 Å². The van der Waals surface area contributed by atoms with Crippen molar-refractivity contribution in [2.75, 3.05) is 26.2 Å². The summed E-state index contributed by atoms with van der Waals surface area (Å²) in [6.07, 6.45) is 0. The van der Waals surface area contributed by atoms with Gasteiger partial charge in [0.05, 0.1) is 0 Å². The van der Waals surface area contributed by atoms with Gasteiger partial charge in [-0.15, -0.1) is 0 Å². The van der Waals surface area contributed by atoms with Gasteiger partial charge in [0.15, 0.2) is 0 Å². The van der Waals surface area contributed by atoms with Crippen molar-refractivity contribution in [3.8, 4) is 0 Å². The summed E-state index contributed by atoms with van der Waals surface area (Å²) in [6.45, 7) is 7.64. The Hall–Kier alpha value is -0.380. The zero-order chi connectivity index (χ0) is 6.53. The van der Waals surface area contributed by atoms with Crippen molar-refractivity contribution in [1.82, 2.24) is 16.2 Å². The molecule has 0 amide bonds. The van der Waals surface area contributed by atoms with E-state index < -0.39 is 0 Å². The maximum atomic E-state index is 3.85. The normalized spacial score (nSPS) is 22.9. The number of hydrazine groups is 1. The maximum Gasteiger partial charge on any atom is 0.0320 e. The van der Waals surface area contributed by atoms with Gasteiger partial charge in [-0.2, -0.15) is 0 Å². The number of hydrogen-bond donors (Lipinski definition) is 3. The predicted octanol–water partition coefficient (Wildman–Crippen LogP) is -0.760. The molecule has 3 nitrogen and oxygen atoms in total. The third kappa shape index (κ3) is 2.60. The molecule has 0 aromatic heterocycles. The highest BCUT2D eigenvalue weighted by atomic mass is 15.4. The minimum absolute atomic E-state index is 0.868. The van der Waals surface area contributed by atoms with E-state index in [4.69, 9.17) is 0 Å². The lowest BCUT2D eigenvalue weighted by Gasteiger charge is -2.14. The van der Waals surface area contributed by atoms with Gasteiger partial charge in [0, 0.05) is 26.2 Å². The molecule has 1 saturated heterocycles. The minimum atomic E-state index is 0.868. The molecular formula is C6H13N3. The number of rotatable bonds is 0. The van der Waals surface area contributed by atoms with E-state index in [9.17, 15) is 0 Å². The summed E-state index contributed by atoms with van der Waals surface area (Å²) < 4.78 is 0. The first-order chi connectivity index (χ1) is 4.39. The lowest BCUT2D eigenvalue weighted by Crippen LogP contribution is -2.42. The molecule has 0 spiro atoms. The third-order valence-electron chi connectivity index (χ3n) is 1.27. The molecule has 0 aliphatic carbocycles. The van der Waals surface area contributed by atoms with Crippen LogP contribution in [0.5, 0.6) is 0 Å². The van der Waals surface area contributed by atoms with Crippen LogP contribution in [0.2, 0.25) is 0 Å². The van der Waals surface area contributed by atoms with Gasteiger partial charge in [-0.05, 0) is 5.57 Å². The summed E-state index contributed by atoms with van der Waals surface area (Å²) in [6, 6.07) is 0. The molecule has 1 fully saturated rings. The van der Waals surface area contributed by atoms with Gasteiger partial charge < -0.3 is 5.32 Å². The van der Waals surface area contributed by atoms with E-state index in [1.165, 1.54) is 5.57 Å². The van der Waals surface area contributed by atoms with Crippen molar-refractivity contribution in [2.45, 2.75) is 0 Å². The minimum Gasteiger partial charge on any atom is -0.312 e. The van der Waals surface area contributed by atoms with Gasteiger partial charge in [-0.3, -0.25) is 10.9 Å². The first-order valence-corrected chi connectivity index (χ1v) is 3.22. The molecule has 0 saturated carbocycles. The fourth-order valence-corrected chi connectivity index (χ4v) is 0.754. The molecule has 9 heavy (non-hydrogen) atoms. The molecule has 0 radical (unpaired) electrons. The SMILES string of the molecule is C=C1CNCCNNC1. The van der Waals surface area contributed by atoms with E-state index in [-0.39, 0.29) is 0 Å². The van der Waals surface area contributed by atoms with E-state index in [0.717, 1.165) is 26.2 Å². The average molecular weight is 127 g/mol. The van der Waals surface area contributed by atoms with Crippen LogP contribution in [-0.4, -0.2) is 26.2 Å². The van der Waals surface area contributed by atoms with Crippen LogP contribution >= 0.6 is 0 Å². The standard InChI is InChI=1S/C6H13N3/c1-6-4-7-2-3-8-9-5-6/h7-9H,1-5H2. The Morgan fingerprint density at radius 2 is 2.00 bits per heavy atom. The lowest BCUT2D eigenvalue weighted by molar-refractivity contribution is 0.511. The Labute approximate surface area is 55.5 Å². The zero-order valence-electron chi connectivity index (χ0n) is 5.54. The van der Waals surface area contributed by atoms with E-state index in [1.807, 2.05) is 0 Å². The molecule has 3 heteroatoms. The molecule has 52 valence electrons. The van der Waals surface area contributed by atoms with Gasteiger partial charge in [0.1, 0.15) is 0 Å². The van der Waals surface area contributed by atoms with Crippen LogP contribution in [0, 0.1) is 0 Å². The van der Waals surface area contributed by atoms with E-state index >= 15 is 0 Å². The topological polar surface area (TPSA) is 36.1 Å². The largest absolute Gasteiger partial charge is 0.312 e. The molecule has 3 N–H and O–H groups in total. The molecule has 0 unspecified atom stereocenters. The summed E-state index contributed by atoms with van der Waals surface area (Å²) in [5, 5.41) is 3.23. The van der Waals surface area contributed by atoms with Gasteiger partial charge in [0.2, 0.25) is 0 Å². The van der Waals surface area contributed by atoms with Gasteiger partial charge >= 0.3 is 0 Å². The molecule has 0 aromatic carbocycles. The Balaban J connectivity index is 2.20. The van der Waals surface area contributed by atoms with Crippen LogP contribution in [0.4, 0.5) is 0 Å². The quantitative estimate of drug-likeness (QED) is 0.374. The Kier molecular flexibility index (Phi) is 2.70. The van der Waals surface area contributed by atoms with Crippen molar-refractivity contribution >= 4 is 0 Å². The van der Waals surface area contributed by atoms with Crippen molar-refractivity contribution in [3.05, 3.63) is 12.2 Å². The van der Waals surface area contributed by atoms with Crippen LogP contribution in [-0.2, 0) is 0 Å². The molecule has 0 atom stereocenters. The second-order valence-electron chi connectivity index (χ2n) is 2.21. The Morgan fingerprint density at radius 3 is 2.89 bits per heavy atom. The highest BCUT2D eigenvalue weighted by Gasteiger charge is 1.96. The second-order valence-corrected chi connectivity index (χ2v) is 2.21. The van der Waals surface area contributed by atoms with Crippen LogP contribution in [0.15, 0.2) is 12.2 Å². The third-order valence-corrected chi connectivity index (χ3v) is 1.27. The second kappa shape index (κ2) is 3.61. The predicted molar refractivity (Wildman–Crippen MR) is 38.0 cm³/mol. The number of hydrogen-bond acceptors (Lipinski definition) is 3. The van der Waals surface area contributed by atoms with Crippen molar-refractivity contribution in [3.63, 3.8) is 0 Å². The summed E-state index contributed by atoms with van der Waals surface area (Å²) in [5.74, 6) is 0. The number of nitrogens with one attached hydrogen (secondary N) is 3. The Morgan fingerprint density at radius 1 is 1.11 bits per heavy atom.